The van der Waals surface area contributed by atoms with Crippen LogP contribution < -0.4 is 4.74 Å². The lowest BCUT2D eigenvalue weighted by Crippen LogP contribution is -1.97. The Morgan fingerprint density at radius 1 is 1.19 bits per heavy atom. The monoisotopic (exact) mass is 327 g/mol. The van der Waals surface area contributed by atoms with Crippen molar-refractivity contribution in [2.75, 3.05) is 0 Å². The largest absolute Gasteiger partial charge is 0.450 e. The van der Waals surface area contributed by atoms with E-state index in [1.165, 1.54) is 31.2 Å². The Balaban J connectivity index is 2.39. The molecular weight excluding hydrogens is 317 g/mol. The number of nitro groups is 1. The summed E-state index contributed by atoms with van der Waals surface area (Å²) in [6.45, 7) is 1.53. The van der Waals surface area contributed by atoms with Crippen LogP contribution in [0, 0.1) is 10.1 Å². The molecule has 0 aromatic heterocycles. The number of aliphatic hydroxyl groups is 1. The van der Waals surface area contributed by atoms with Crippen LogP contribution in [-0.2, 0) is 0 Å². The van der Waals surface area contributed by atoms with Crippen molar-refractivity contribution >= 4 is 28.9 Å². The summed E-state index contributed by atoms with van der Waals surface area (Å²) < 4.78 is 5.47. The van der Waals surface area contributed by atoms with Gasteiger partial charge in [-0.2, -0.15) is 0 Å². The quantitative estimate of drug-likeness (QED) is 0.649. The molecule has 0 fully saturated rings. The molecule has 0 amide bonds. The summed E-state index contributed by atoms with van der Waals surface area (Å²) in [5.74, 6) is 0.389. The summed E-state index contributed by atoms with van der Waals surface area (Å²) in [6, 6.07) is 8.83. The van der Waals surface area contributed by atoms with Crippen LogP contribution in [-0.4, -0.2) is 10.0 Å². The number of rotatable bonds is 4. The second-order valence-corrected chi connectivity index (χ2v) is 5.15. The highest BCUT2D eigenvalue weighted by Gasteiger charge is 2.18. The van der Waals surface area contributed by atoms with Crippen molar-refractivity contribution in [1.82, 2.24) is 0 Å². The van der Waals surface area contributed by atoms with E-state index in [0.29, 0.717) is 16.3 Å². The Hall–Kier alpha value is -1.82. The fourth-order valence-corrected chi connectivity index (χ4v) is 1.98. The molecule has 110 valence electrons. The average molecular weight is 328 g/mol. The zero-order valence-corrected chi connectivity index (χ0v) is 12.4. The molecule has 1 atom stereocenters. The summed E-state index contributed by atoms with van der Waals surface area (Å²) in [4.78, 5) is 10.5. The van der Waals surface area contributed by atoms with Gasteiger partial charge >= 0.3 is 5.69 Å². The van der Waals surface area contributed by atoms with Gasteiger partial charge in [-0.15, -0.1) is 0 Å². The Morgan fingerprint density at radius 3 is 2.48 bits per heavy atom. The van der Waals surface area contributed by atoms with Crippen molar-refractivity contribution in [2.45, 2.75) is 13.0 Å². The minimum Gasteiger partial charge on any atom is -0.450 e. The van der Waals surface area contributed by atoms with Gasteiger partial charge in [0, 0.05) is 12.1 Å². The SMILES string of the molecule is CC(O)c1ccc(Oc2ccc(Cl)c(Cl)c2)c([N+](=O)[O-])c1. The molecule has 21 heavy (non-hydrogen) atoms. The minimum atomic E-state index is -0.803. The molecule has 7 heteroatoms. The number of hydrogen-bond donors (Lipinski definition) is 1. The summed E-state index contributed by atoms with van der Waals surface area (Å²) in [5.41, 5.74) is 0.197. The van der Waals surface area contributed by atoms with Gasteiger partial charge < -0.3 is 9.84 Å². The van der Waals surface area contributed by atoms with E-state index in [2.05, 4.69) is 0 Å². The molecule has 0 aliphatic carbocycles. The van der Waals surface area contributed by atoms with Crippen LogP contribution in [0.4, 0.5) is 5.69 Å². The normalized spacial score (nSPS) is 12.0. The molecule has 0 bridgehead atoms. The summed E-state index contributed by atoms with van der Waals surface area (Å²) >= 11 is 11.7. The number of aliphatic hydroxyl groups excluding tert-OH is 1. The molecule has 2 rings (SSSR count). The average Bonchev–Trinajstić information content (AvgIpc) is 2.43. The highest BCUT2D eigenvalue weighted by atomic mass is 35.5. The van der Waals surface area contributed by atoms with Crippen molar-refractivity contribution in [3.63, 3.8) is 0 Å². The first-order chi connectivity index (χ1) is 9.88. The van der Waals surface area contributed by atoms with Gasteiger partial charge in [0.1, 0.15) is 5.75 Å². The number of hydrogen-bond acceptors (Lipinski definition) is 4. The Labute approximate surface area is 130 Å². The Kier molecular flexibility index (Phi) is 4.67. The lowest BCUT2D eigenvalue weighted by atomic mass is 10.1. The highest BCUT2D eigenvalue weighted by Crippen LogP contribution is 2.35. The van der Waals surface area contributed by atoms with Gasteiger partial charge in [-0.3, -0.25) is 10.1 Å². The van der Waals surface area contributed by atoms with Gasteiger partial charge in [0.25, 0.3) is 0 Å². The maximum Gasteiger partial charge on any atom is 0.311 e. The van der Waals surface area contributed by atoms with E-state index < -0.39 is 11.0 Å². The third-order valence-electron chi connectivity index (χ3n) is 2.78. The summed E-state index contributed by atoms with van der Waals surface area (Å²) in [7, 11) is 0. The number of nitrogens with zero attached hydrogens (tertiary/aromatic N) is 1. The number of nitro benzene ring substituents is 1. The van der Waals surface area contributed by atoms with E-state index in [4.69, 9.17) is 27.9 Å². The molecule has 2 aromatic carbocycles. The minimum absolute atomic E-state index is 0.0581. The second kappa shape index (κ2) is 6.30. The van der Waals surface area contributed by atoms with Gasteiger partial charge in [0.15, 0.2) is 0 Å². The van der Waals surface area contributed by atoms with E-state index >= 15 is 0 Å². The molecule has 5 nitrogen and oxygen atoms in total. The molecule has 0 aliphatic rings. The zero-order chi connectivity index (χ0) is 15.6. The number of benzene rings is 2. The fourth-order valence-electron chi connectivity index (χ4n) is 1.69. The smallest absolute Gasteiger partial charge is 0.311 e. The molecule has 0 aliphatic heterocycles. The summed E-state index contributed by atoms with van der Waals surface area (Å²) in [5, 5.41) is 21.2. The zero-order valence-electron chi connectivity index (χ0n) is 10.9. The van der Waals surface area contributed by atoms with E-state index in [9.17, 15) is 15.2 Å². The van der Waals surface area contributed by atoms with E-state index in [-0.39, 0.29) is 16.5 Å². The molecule has 2 aromatic rings. The predicted octanol–water partition coefficient (Wildman–Crippen LogP) is 4.75. The van der Waals surface area contributed by atoms with E-state index in [1.807, 2.05) is 0 Å². The van der Waals surface area contributed by atoms with Crippen molar-refractivity contribution in [1.29, 1.82) is 0 Å². The van der Waals surface area contributed by atoms with Gasteiger partial charge in [-0.05, 0) is 30.7 Å². The summed E-state index contributed by atoms with van der Waals surface area (Å²) in [6.07, 6.45) is -0.803. The number of ether oxygens (including phenoxy) is 1. The molecule has 0 radical (unpaired) electrons. The van der Waals surface area contributed by atoms with Crippen LogP contribution in [0.15, 0.2) is 36.4 Å². The lowest BCUT2D eigenvalue weighted by Gasteiger charge is -2.10. The van der Waals surface area contributed by atoms with Gasteiger partial charge in [0.2, 0.25) is 5.75 Å². The molecule has 0 saturated heterocycles. The van der Waals surface area contributed by atoms with Crippen molar-refractivity contribution in [2.24, 2.45) is 0 Å². The molecule has 0 spiro atoms. The van der Waals surface area contributed by atoms with Gasteiger partial charge in [0.05, 0.1) is 21.1 Å². The number of halogens is 2. The van der Waals surface area contributed by atoms with E-state index in [1.54, 1.807) is 12.1 Å². The Morgan fingerprint density at radius 2 is 1.90 bits per heavy atom. The van der Waals surface area contributed by atoms with Crippen molar-refractivity contribution in [3.05, 3.63) is 62.1 Å². The van der Waals surface area contributed by atoms with Crippen molar-refractivity contribution in [3.8, 4) is 11.5 Å². The van der Waals surface area contributed by atoms with Crippen LogP contribution in [0.25, 0.3) is 0 Å². The maximum atomic E-state index is 11.1. The molecule has 1 N–H and O–H groups in total. The van der Waals surface area contributed by atoms with Crippen LogP contribution in [0.3, 0.4) is 0 Å². The topological polar surface area (TPSA) is 72.6 Å². The maximum absolute atomic E-state index is 11.1. The third kappa shape index (κ3) is 3.64. The van der Waals surface area contributed by atoms with Gasteiger partial charge in [-0.25, -0.2) is 0 Å². The van der Waals surface area contributed by atoms with Crippen molar-refractivity contribution < 1.29 is 14.8 Å². The predicted molar refractivity (Wildman–Crippen MR) is 80.3 cm³/mol. The highest BCUT2D eigenvalue weighted by molar-refractivity contribution is 6.42. The second-order valence-electron chi connectivity index (χ2n) is 4.34. The van der Waals surface area contributed by atoms with E-state index in [0.717, 1.165) is 0 Å². The third-order valence-corrected chi connectivity index (χ3v) is 3.52. The molecular formula is C14H11Cl2NO4. The first kappa shape index (κ1) is 15.6. The first-order valence-corrected chi connectivity index (χ1v) is 6.73. The molecule has 1 unspecified atom stereocenters. The first-order valence-electron chi connectivity index (χ1n) is 5.98. The van der Waals surface area contributed by atoms with Crippen LogP contribution in [0.5, 0.6) is 11.5 Å². The van der Waals surface area contributed by atoms with Crippen LogP contribution >= 0.6 is 23.2 Å². The molecule has 0 heterocycles. The lowest BCUT2D eigenvalue weighted by molar-refractivity contribution is -0.385. The standard InChI is InChI=1S/C14H11Cl2NO4/c1-8(18)9-2-5-14(13(6-9)17(19)20)21-10-3-4-11(15)12(16)7-10/h2-8,18H,1H3. The van der Waals surface area contributed by atoms with Gasteiger partial charge in [-0.1, -0.05) is 29.3 Å². The fraction of sp³-hybridized carbons (Fsp3) is 0.143. The van der Waals surface area contributed by atoms with Crippen LogP contribution in [0.2, 0.25) is 10.0 Å². The Bertz CT molecular complexity index is 689. The molecule has 0 saturated carbocycles. The van der Waals surface area contributed by atoms with Crippen LogP contribution in [0.1, 0.15) is 18.6 Å².